The van der Waals surface area contributed by atoms with Crippen molar-refractivity contribution >= 4 is 22.4 Å². The monoisotopic (exact) mass is 198 g/mol. The molecule has 1 heterocycles. The highest BCUT2D eigenvalue weighted by atomic mass is 32.1. The molecular weight excluding hydrogens is 184 g/mol. The normalized spacial score (nSPS) is 10.5. The van der Waals surface area contributed by atoms with E-state index in [1.807, 2.05) is 13.8 Å². The molecule has 0 saturated carbocycles. The second-order valence-corrected chi connectivity index (χ2v) is 4.24. The van der Waals surface area contributed by atoms with Crippen LogP contribution in [-0.2, 0) is 11.2 Å². The number of carbonyl (C=O) groups excluding carboxylic acids is 1. The molecule has 0 atom stereocenters. The number of nitrogens with one attached hydrogen (secondary N) is 1. The Labute approximate surface area is 82.2 Å². The predicted octanol–water partition coefficient (Wildman–Crippen LogP) is 2.30. The quantitative estimate of drug-likeness (QED) is 0.809. The molecule has 0 aromatic carbocycles. The van der Waals surface area contributed by atoms with Crippen LogP contribution >= 0.6 is 11.3 Å². The van der Waals surface area contributed by atoms with E-state index in [0.717, 1.165) is 6.42 Å². The summed E-state index contributed by atoms with van der Waals surface area (Å²) in [6, 6.07) is 0. The van der Waals surface area contributed by atoms with Crippen molar-refractivity contribution in [1.29, 1.82) is 0 Å². The number of amides is 1. The number of aryl methyl sites for hydroxylation is 1. The van der Waals surface area contributed by atoms with Gasteiger partial charge in [-0.05, 0) is 6.42 Å². The molecule has 3 nitrogen and oxygen atoms in total. The van der Waals surface area contributed by atoms with E-state index < -0.39 is 0 Å². The summed E-state index contributed by atoms with van der Waals surface area (Å²) in [5.41, 5.74) is 0. The average Bonchev–Trinajstić information content (AvgIpc) is 2.52. The lowest BCUT2D eigenvalue weighted by Crippen LogP contribution is -2.17. The number of hydrogen-bond acceptors (Lipinski definition) is 3. The van der Waals surface area contributed by atoms with Gasteiger partial charge in [0.1, 0.15) is 0 Å². The fourth-order valence-corrected chi connectivity index (χ4v) is 1.53. The van der Waals surface area contributed by atoms with E-state index in [9.17, 15) is 4.79 Å². The number of nitrogens with zero attached hydrogens (tertiary/aromatic N) is 1. The first kappa shape index (κ1) is 10.2. The Bertz CT molecular complexity index is 294. The molecule has 0 unspecified atom stereocenters. The molecule has 0 bridgehead atoms. The molecule has 1 amide bonds. The van der Waals surface area contributed by atoms with E-state index in [2.05, 4.69) is 17.2 Å². The lowest BCUT2D eigenvalue weighted by atomic mass is 10.2. The van der Waals surface area contributed by atoms with Crippen LogP contribution < -0.4 is 5.32 Å². The molecule has 0 spiro atoms. The summed E-state index contributed by atoms with van der Waals surface area (Å²) >= 11 is 1.54. The van der Waals surface area contributed by atoms with Crippen molar-refractivity contribution in [3.05, 3.63) is 11.1 Å². The van der Waals surface area contributed by atoms with Crippen molar-refractivity contribution < 1.29 is 4.79 Å². The van der Waals surface area contributed by atoms with Crippen molar-refractivity contribution in [2.45, 2.75) is 27.2 Å². The van der Waals surface area contributed by atoms with E-state index in [4.69, 9.17) is 0 Å². The Kier molecular flexibility index (Phi) is 3.42. The van der Waals surface area contributed by atoms with Crippen molar-refractivity contribution in [3.63, 3.8) is 0 Å². The summed E-state index contributed by atoms with van der Waals surface area (Å²) < 4.78 is 0. The molecule has 4 heteroatoms. The molecule has 0 saturated heterocycles. The van der Waals surface area contributed by atoms with Gasteiger partial charge in [-0.15, -0.1) is 11.3 Å². The number of carbonyl (C=O) groups is 1. The van der Waals surface area contributed by atoms with E-state index in [1.165, 1.54) is 16.2 Å². The second-order valence-electron chi connectivity index (χ2n) is 3.13. The number of rotatable bonds is 3. The van der Waals surface area contributed by atoms with Crippen molar-refractivity contribution in [2.75, 3.05) is 5.32 Å². The van der Waals surface area contributed by atoms with Gasteiger partial charge in [-0.25, -0.2) is 4.98 Å². The molecule has 0 radical (unpaired) electrons. The third-order valence-electron chi connectivity index (χ3n) is 1.66. The van der Waals surface area contributed by atoms with Crippen LogP contribution in [0.2, 0.25) is 0 Å². The maximum atomic E-state index is 11.3. The lowest BCUT2D eigenvalue weighted by molar-refractivity contribution is -0.118. The molecule has 0 aliphatic carbocycles. The summed E-state index contributed by atoms with van der Waals surface area (Å²) in [5, 5.41) is 3.47. The summed E-state index contributed by atoms with van der Waals surface area (Å²) in [7, 11) is 0. The highest BCUT2D eigenvalue weighted by molar-refractivity contribution is 7.15. The number of hydrogen-bond donors (Lipinski definition) is 1. The molecule has 1 aromatic heterocycles. The molecule has 72 valence electrons. The zero-order valence-electron chi connectivity index (χ0n) is 8.13. The zero-order chi connectivity index (χ0) is 9.84. The Hall–Kier alpha value is -0.900. The average molecular weight is 198 g/mol. The fourth-order valence-electron chi connectivity index (χ4n) is 0.778. The van der Waals surface area contributed by atoms with Gasteiger partial charge in [-0.2, -0.15) is 0 Å². The number of aromatic nitrogens is 1. The van der Waals surface area contributed by atoms with Crippen LogP contribution in [0.5, 0.6) is 0 Å². The molecule has 1 aromatic rings. The maximum absolute atomic E-state index is 11.3. The largest absolute Gasteiger partial charge is 0.302 e. The molecular formula is C9H14N2OS. The molecule has 1 rings (SSSR count). The minimum atomic E-state index is 0.00831. The minimum Gasteiger partial charge on any atom is -0.302 e. The van der Waals surface area contributed by atoms with E-state index in [1.54, 1.807) is 6.20 Å². The van der Waals surface area contributed by atoms with Crippen LogP contribution in [0.15, 0.2) is 6.20 Å². The van der Waals surface area contributed by atoms with E-state index in [-0.39, 0.29) is 11.8 Å². The number of anilines is 1. The highest BCUT2D eigenvalue weighted by Gasteiger charge is 2.08. The Morgan fingerprint density at radius 2 is 2.38 bits per heavy atom. The van der Waals surface area contributed by atoms with Crippen LogP contribution in [0, 0.1) is 5.92 Å². The standard InChI is InChI=1S/C9H14N2OS/c1-4-7-5-10-9(13-7)11-8(12)6(2)3/h5-6H,4H2,1-3H3,(H,10,11,12). The maximum Gasteiger partial charge on any atom is 0.228 e. The van der Waals surface area contributed by atoms with Gasteiger partial charge >= 0.3 is 0 Å². The Morgan fingerprint density at radius 3 is 2.85 bits per heavy atom. The topological polar surface area (TPSA) is 42.0 Å². The molecule has 0 fully saturated rings. The summed E-state index contributed by atoms with van der Waals surface area (Å²) in [6.45, 7) is 5.80. The van der Waals surface area contributed by atoms with Crippen LogP contribution in [-0.4, -0.2) is 10.9 Å². The van der Waals surface area contributed by atoms with Gasteiger partial charge in [0.05, 0.1) is 0 Å². The zero-order valence-corrected chi connectivity index (χ0v) is 8.94. The van der Waals surface area contributed by atoms with Crippen molar-refractivity contribution in [3.8, 4) is 0 Å². The van der Waals surface area contributed by atoms with Crippen LogP contribution in [0.4, 0.5) is 5.13 Å². The van der Waals surface area contributed by atoms with Gasteiger partial charge in [0.2, 0.25) is 5.91 Å². The molecule has 0 aliphatic heterocycles. The summed E-state index contributed by atoms with van der Waals surface area (Å²) in [6.07, 6.45) is 2.77. The lowest BCUT2D eigenvalue weighted by Gasteiger charge is -2.02. The van der Waals surface area contributed by atoms with Crippen molar-refractivity contribution in [2.24, 2.45) is 5.92 Å². The van der Waals surface area contributed by atoms with Crippen LogP contribution in [0.25, 0.3) is 0 Å². The smallest absolute Gasteiger partial charge is 0.228 e. The van der Waals surface area contributed by atoms with Crippen LogP contribution in [0.1, 0.15) is 25.6 Å². The predicted molar refractivity (Wildman–Crippen MR) is 55.0 cm³/mol. The second kappa shape index (κ2) is 4.37. The molecule has 1 N–H and O–H groups in total. The molecule has 0 aliphatic rings. The third-order valence-corrected chi connectivity index (χ3v) is 2.71. The summed E-state index contributed by atoms with van der Waals surface area (Å²) in [4.78, 5) is 16.6. The summed E-state index contributed by atoms with van der Waals surface area (Å²) in [5.74, 6) is 0.0333. The van der Waals surface area contributed by atoms with Crippen molar-refractivity contribution in [1.82, 2.24) is 4.98 Å². The fraction of sp³-hybridized carbons (Fsp3) is 0.556. The highest BCUT2D eigenvalue weighted by Crippen LogP contribution is 2.18. The Morgan fingerprint density at radius 1 is 1.69 bits per heavy atom. The first-order chi connectivity index (χ1) is 6.13. The first-order valence-electron chi connectivity index (χ1n) is 4.39. The molecule has 13 heavy (non-hydrogen) atoms. The van der Waals surface area contributed by atoms with Gasteiger partial charge in [-0.1, -0.05) is 20.8 Å². The van der Waals surface area contributed by atoms with Gasteiger partial charge in [0.25, 0.3) is 0 Å². The van der Waals surface area contributed by atoms with E-state index >= 15 is 0 Å². The Balaban J connectivity index is 2.59. The van der Waals surface area contributed by atoms with Gasteiger partial charge < -0.3 is 5.32 Å². The minimum absolute atomic E-state index is 0.00831. The van der Waals surface area contributed by atoms with Crippen LogP contribution in [0.3, 0.4) is 0 Å². The third kappa shape index (κ3) is 2.81. The SMILES string of the molecule is CCc1cnc(NC(=O)C(C)C)s1. The van der Waals surface area contributed by atoms with Gasteiger partial charge in [-0.3, -0.25) is 4.79 Å². The first-order valence-corrected chi connectivity index (χ1v) is 5.20. The van der Waals surface area contributed by atoms with Gasteiger partial charge in [0.15, 0.2) is 5.13 Å². The van der Waals surface area contributed by atoms with Gasteiger partial charge in [0, 0.05) is 17.0 Å². The number of thiazole rings is 1. The van der Waals surface area contributed by atoms with E-state index in [0.29, 0.717) is 5.13 Å².